The van der Waals surface area contributed by atoms with Crippen molar-refractivity contribution in [2.24, 2.45) is 0 Å². The lowest BCUT2D eigenvalue weighted by molar-refractivity contribution is -0.115. The molecule has 3 rings (SSSR count). The molecule has 0 atom stereocenters. The van der Waals surface area contributed by atoms with Gasteiger partial charge >= 0.3 is 0 Å². The molecule has 0 unspecified atom stereocenters. The third-order valence-electron chi connectivity index (χ3n) is 3.46. The zero-order chi connectivity index (χ0) is 18.2. The van der Waals surface area contributed by atoms with Gasteiger partial charge in [0.1, 0.15) is 17.3 Å². The first-order valence-electron chi connectivity index (χ1n) is 8.03. The fourth-order valence-electron chi connectivity index (χ4n) is 2.35. The minimum Gasteiger partial charge on any atom is -0.325 e. The molecular formula is C20H16N4OS. The summed E-state index contributed by atoms with van der Waals surface area (Å²) in [7, 11) is 0. The molecule has 0 saturated heterocycles. The molecule has 2 aromatic carbocycles. The molecular weight excluding hydrogens is 344 g/mol. The Hall–Kier alpha value is -3.17. The molecule has 128 valence electrons. The van der Waals surface area contributed by atoms with Crippen LogP contribution in [0.15, 0.2) is 76.8 Å². The maximum Gasteiger partial charge on any atom is 0.238 e. The van der Waals surface area contributed by atoms with Crippen LogP contribution in [0, 0.1) is 11.3 Å². The lowest BCUT2D eigenvalue weighted by Crippen LogP contribution is -2.10. The Bertz CT molecular complexity index is 938. The Kier molecular flexibility index (Phi) is 5.96. The van der Waals surface area contributed by atoms with Crippen LogP contribution in [-0.2, 0) is 11.2 Å². The van der Waals surface area contributed by atoms with Crippen LogP contribution >= 0.6 is 11.8 Å². The molecule has 0 spiro atoms. The zero-order valence-electron chi connectivity index (χ0n) is 13.9. The van der Waals surface area contributed by atoms with Crippen LogP contribution in [0.25, 0.3) is 0 Å². The summed E-state index contributed by atoms with van der Waals surface area (Å²) >= 11 is 1.59. The highest BCUT2D eigenvalue weighted by molar-refractivity contribution is 7.99. The van der Waals surface area contributed by atoms with Crippen molar-refractivity contribution in [1.82, 2.24) is 9.97 Å². The Morgan fingerprint density at radius 3 is 2.77 bits per heavy atom. The number of aromatic nitrogens is 2. The van der Waals surface area contributed by atoms with Gasteiger partial charge in [-0.05, 0) is 35.9 Å². The predicted molar refractivity (Wildman–Crippen MR) is 101 cm³/mol. The van der Waals surface area contributed by atoms with E-state index in [1.54, 1.807) is 24.0 Å². The number of nitrogens with zero attached hydrogens (tertiary/aromatic N) is 3. The van der Waals surface area contributed by atoms with Crippen molar-refractivity contribution in [1.29, 1.82) is 5.26 Å². The minimum absolute atomic E-state index is 0.161. The summed E-state index contributed by atoms with van der Waals surface area (Å²) in [5.74, 6) is 0.397. The maximum atomic E-state index is 11.5. The van der Waals surface area contributed by atoms with Gasteiger partial charge < -0.3 is 5.32 Å². The van der Waals surface area contributed by atoms with Crippen molar-refractivity contribution >= 4 is 23.4 Å². The lowest BCUT2D eigenvalue weighted by Gasteiger charge is -2.07. The van der Waals surface area contributed by atoms with Gasteiger partial charge in [0.25, 0.3) is 0 Å². The van der Waals surface area contributed by atoms with Crippen LogP contribution in [0.4, 0.5) is 5.69 Å². The molecule has 6 heteroatoms. The fourth-order valence-corrected chi connectivity index (χ4v) is 3.16. The molecule has 0 aliphatic carbocycles. The average Bonchev–Trinajstić information content (AvgIpc) is 2.63. The molecule has 0 aliphatic heterocycles. The molecule has 26 heavy (non-hydrogen) atoms. The van der Waals surface area contributed by atoms with Crippen molar-refractivity contribution < 1.29 is 4.79 Å². The first kappa shape index (κ1) is 17.6. The van der Waals surface area contributed by atoms with E-state index in [4.69, 9.17) is 5.26 Å². The second-order valence-electron chi connectivity index (χ2n) is 5.49. The fraction of sp³-hybridized carbons (Fsp3) is 0.100. The molecule has 0 fully saturated rings. The number of rotatable bonds is 6. The van der Waals surface area contributed by atoms with E-state index in [1.807, 2.05) is 60.7 Å². The molecule has 0 radical (unpaired) electrons. The standard InChI is InChI=1S/C20H16N4OS/c21-11-9-19(25)23-16-6-4-5-15(13-16)14-18-22-12-10-20(24-18)26-17-7-2-1-3-8-17/h1-8,10,12-13H,9,14H2,(H,23,25). The summed E-state index contributed by atoms with van der Waals surface area (Å²) in [6.07, 6.45) is 2.16. The molecule has 3 aromatic rings. The summed E-state index contributed by atoms with van der Waals surface area (Å²) in [6, 6.07) is 21.3. The quantitative estimate of drug-likeness (QED) is 0.670. The third kappa shape index (κ3) is 5.16. The second-order valence-corrected chi connectivity index (χ2v) is 6.58. The van der Waals surface area contributed by atoms with E-state index in [0.717, 1.165) is 15.5 Å². The summed E-state index contributed by atoms with van der Waals surface area (Å²) in [6.45, 7) is 0. The van der Waals surface area contributed by atoms with E-state index in [0.29, 0.717) is 17.9 Å². The van der Waals surface area contributed by atoms with E-state index in [1.165, 1.54) is 0 Å². The highest BCUT2D eigenvalue weighted by Crippen LogP contribution is 2.25. The van der Waals surface area contributed by atoms with Gasteiger partial charge in [-0.2, -0.15) is 5.26 Å². The Balaban J connectivity index is 1.70. The number of nitrogens with one attached hydrogen (secondary N) is 1. The predicted octanol–water partition coefficient (Wildman–Crippen LogP) is 4.07. The number of anilines is 1. The smallest absolute Gasteiger partial charge is 0.238 e. The van der Waals surface area contributed by atoms with Crippen LogP contribution in [0.3, 0.4) is 0 Å². The number of nitriles is 1. The maximum absolute atomic E-state index is 11.5. The van der Waals surface area contributed by atoms with Crippen molar-refractivity contribution in [2.45, 2.75) is 22.8 Å². The van der Waals surface area contributed by atoms with Gasteiger partial charge in [0, 0.05) is 23.2 Å². The molecule has 5 nitrogen and oxygen atoms in total. The van der Waals surface area contributed by atoms with Crippen molar-refractivity contribution in [2.75, 3.05) is 5.32 Å². The summed E-state index contributed by atoms with van der Waals surface area (Å²) in [5.41, 5.74) is 1.65. The largest absolute Gasteiger partial charge is 0.325 e. The summed E-state index contributed by atoms with van der Waals surface area (Å²) in [4.78, 5) is 21.6. The van der Waals surface area contributed by atoms with Gasteiger partial charge in [-0.15, -0.1) is 0 Å². The van der Waals surface area contributed by atoms with Crippen LogP contribution in [0.5, 0.6) is 0 Å². The van der Waals surface area contributed by atoms with Crippen LogP contribution in [0.1, 0.15) is 17.8 Å². The van der Waals surface area contributed by atoms with E-state index >= 15 is 0 Å². The molecule has 0 aliphatic rings. The first-order chi connectivity index (χ1) is 12.7. The first-order valence-corrected chi connectivity index (χ1v) is 8.85. The Morgan fingerprint density at radius 1 is 1.12 bits per heavy atom. The van der Waals surface area contributed by atoms with Gasteiger partial charge in [0.2, 0.25) is 5.91 Å². The van der Waals surface area contributed by atoms with Crippen LogP contribution < -0.4 is 5.32 Å². The topological polar surface area (TPSA) is 78.7 Å². The molecule has 0 bridgehead atoms. The average molecular weight is 360 g/mol. The minimum atomic E-state index is -0.317. The Morgan fingerprint density at radius 2 is 1.96 bits per heavy atom. The SMILES string of the molecule is N#CCC(=O)Nc1cccc(Cc2nccc(Sc3ccccc3)n2)c1. The van der Waals surface area contributed by atoms with Gasteiger partial charge in [0.05, 0.1) is 6.07 Å². The number of hydrogen-bond acceptors (Lipinski definition) is 5. The van der Waals surface area contributed by atoms with Crippen molar-refractivity contribution in [3.05, 3.63) is 78.2 Å². The van der Waals surface area contributed by atoms with Crippen molar-refractivity contribution in [3.63, 3.8) is 0 Å². The van der Waals surface area contributed by atoms with Crippen molar-refractivity contribution in [3.8, 4) is 6.07 Å². The molecule has 1 aromatic heterocycles. The second kappa shape index (κ2) is 8.79. The molecule has 1 heterocycles. The van der Waals surface area contributed by atoms with Gasteiger partial charge in [-0.1, -0.05) is 42.1 Å². The van der Waals surface area contributed by atoms with Crippen LogP contribution in [0.2, 0.25) is 0 Å². The van der Waals surface area contributed by atoms with Gasteiger partial charge in [-0.25, -0.2) is 9.97 Å². The lowest BCUT2D eigenvalue weighted by atomic mass is 10.1. The van der Waals surface area contributed by atoms with E-state index in [2.05, 4.69) is 15.3 Å². The van der Waals surface area contributed by atoms with Gasteiger partial charge in [-0.3, -0.25) is 4.79 Å². The van der Waals surface area contributed by atoms with E-state index in [9.17, 15) is 4.79 Å². The number of carbonyl (C=O) groups excluding carboxylic acids is 1. The zero-order valence-corrected chi connectivity index (χ0v) is 14.7. The molecule has 1 N–H and O–H groups in total. The number of carbonyl (C=O) groups is 1. The van der Waals surface area contributed by atoms with Gasteiger partial charge in [0.15, 0.2) is 0 Å². The van der Waals surface area contributed by atoms with E-state index < -0.39 is 0 Å². The third-order valence-corrected chi connectivity index (χ3v) is 4.40. The number of amides is 1. The highest BCUT2D eigenvalue weighted by atomic mass is 32.2. The van der Waals surface area contributed by atoms with Crippen LogP contribution in [-0.4, -0.2) is 15.9 Å². The highest BCUT2D eigenvalue weighted by Gasteiger charge is 2.06. The van der Waals surface area contributed by atoms with E-state index in [-0.39, 0.29) is 12.3 Å². The molecule has 1 amide bonds. The summed E-state index contributed by atoms with van der Waals surface area (Å²) in [5, 5.41) is 12.2. The summed E-state index contributed by atoms with van der Waals surface area (Å²) < 4.78 is 0. The normalized spacial score (nSPS) is 10.1. The Labute approximate surface area is 156 Å². The number of hydrogen-bond donors (Lipinski definition) is 1. The number of benzene rings is 2. The monoisotopic (exact) mass is 360 g/mol. The molecule has 0 saturated carbocycles.